The normalized spacial score (nSPS) is 10.4. The molecular weight excluding hydrogens is 320 g/mol. The molecule has 1 aromatic carbocycles. The predicted molar refractivity (Wildman–Crippen MR) is 96.6 cm³/mol. The molecule has 0 fully saturated rings. The van der Waals surface area contributed by atoms with Crippen LogP contribution in [0.4, 0.5) is 0 Å². The number of nitrogens with zero attached hydrogens (tertiary/aromatic N) is 1. The molecule has 0 saturated carbocycles. The molecule has 0 unspecified atom stereocenters. The fraction of sp³-hybridized carbons (Fsp3) is 0.158. The van der Waals surface area contributed by atoms with E-state index in [1.54, 1.807) is 18.4 Å². The van der Waals surface area contributed by atoms with Gasteiger partial charge in [-0.15, -0.1) is 11.3 Å². The van der Waals surface area contributed by atoms with Gasteiger partial charge in [0.2, 0.25) is 0 Å². The number of benzene rings is 1. The van der Waals surface area contributed by atoms with Crippen molar-refractivity contribution in [2.45, 2.75) is 13.8 Å². The molecule has 0 aliphatic carbocycles. The lowest BCUT2D eigenvalue weighted by molar-refractivity contribution is 0.415. The molecule has 0 atom stereocenters. The fourth-order valence-corrected chi connectivity index (χ4v) is 3.65. The van der Waals surface area contributed by atoms with E-state index >= 15 is 0 Å². The molecule has 24 heavy (non-hydrogen) atoms. The van der Waals surface area contributed by atoms with E-state index in [1.807, 2.05) is 56.3 Å². The van der Waals surface area contributed by atoms with E-state index in [1.165, 1.54) is 0 Å². The van der Waals surface area contributed by atoms with Crippen molar-refractivity contribution in [3.63, 3.8) is 0 Å². The SMILES string of the molecule is COc1ccc(-c2cc(-c3cc(C)sc3C)c(C#N)c(=O)[nH]2)cc1. The summed E-state index contributed by atoms with van der Waals surface area (Å²) in [7, 11) is 1.61. The standard InChI is InChI=1S/C19H16N2O2S/c1-11-8-15(12(2)24-11)16-9-18(21-19(22)17(16)10-20)13-4-6-14(23-3)7-5-13/h4-9H,1-3H3,(H,21,22). The lowest BCUT2D eigenvalue weighted by atomic mass is 9.99. The Kier molecular flexibility index (Phi) is 4.24. The maximum Gasteiger partial charge on any atom is 0.266 e. The minimum Gasteiger partial charge on any atom is -0.497 e. The van der Waals surface area contributed by atoms with E-state index in [2.05, 4.69) is 4.98 Å². The Hall–Kier alpha value is -2.84. The average Bonchev–Trinajstić information content (AvgIpc) is 2.92. The van der Waals surface area contributed by atoms with Gasteiger partial charge in [0.05, 0.1) is 7.11 Å². The molecule has 4 nitrogen and oxygen atoms in total. The highest BCUT2D eigenvalue weighted by atomic mass is 32.1. The smallest absolute Gasteiger partial charge is 0.266 e. The third-order valence-corrected chi connectivity index (χ3v) is 4.84. The van der Waals surface area contributed by atoms with Crippen LogP contribution in [0.2, 0.25) is 0 Å². The third-order valence-electron chi connectivity index (χ3n) is 3.88. The molecule has 0 amide bonds. The number of aromatic nitrogens is 1. The number of hydrogen-bond donors (Lipinski definition) is 1. The zero-order chi connectivity index (χ0) is 17.3. The molecule has 120 valence electrons. The summed E-state index contributed by atoms with van der Waals surface area (Å²) in [6, 6.07) is 13.4. The van der Waals surface area contributed by atoms with Gasteiger partial charge in [-0.3, -0.25) is 4.79 Å². The van der Waals surface area contributed by atoms with Crippen molar-refractivity contribution in [1.82, 2.24) is 4.98 Å². The molecule has 1 N–H and O–H groups in total. The van der Waals surface area contributed by atoms with Crippen molar-refractivity contribution in [2.75, 3.05) is 7.11 Å². The van der Waals surface area contributed by atoms with Crippen LogP contribution in [-0.2, 0) is 0 Å². The van der Waals surface area contributed by atoms with E-state index in [9.17, 15) is 10.1 Å². The Labute approximate surface area is 144 Å². The van der Waals surface area contributed by atoms with Crippen molar-refractivity contribution in [3.05, 3.63) is 62.1 Å². The molecule has 0 aliphatic heterocycles. The second-order valence-electron chi connectivity index (χ2n) is 5.47. The van der Waals surface area contributed by atoms with Gasteiger partial charge in [-0.05, 0) is 61.4 Å². The zero-order valence-corrected chi connectivity index (χ0v) is 14.5. The van der Waals surface area contributed by atoms with Crippen molar-refractivity contribution < 1.29 is 4.74 Å². The van der Waals surface area contributed by atoms with Gasteiger partial charge in [-0.25, -0.2) is 0 Å². The largest absolute Gasteiger partial charge is 0.497 e. The highest BCUT2D eigenvalue weighted by Gasteiger charge is 2.15. The monoisotopic (exact) mass is 336 g/mol. The van der Waals surface area contributed by atoms with Gasteiger partial charge in [0, 0.05) is 21.0 Å². The molecule has 2 aromatic heterocycles. The Morgan fingerprint density at radius 1 is 1.12 bits per heavy atom. The van der Waals surface area contributed by atoms with E-state index in [0.29, 0.717) is 11.3 Å². The first-order valence-electron chi connectivity index (χ1n) is 7.42. The van der Waals surface area contributed by atoms with E-state index in [-0.39, 0.29) is 11.1 Å². The lowest BCUT2D eigenvalue weighted by Gasteiger charge is -2.08. The topological polar surface area (TPSA) is 65.9 Å². The summed E-state index contributed by atoms with van der Waals surface area (Å²) in [4.78, 5) is 17.4. The number of aromatic amines is 1. The number of methoxy groups -OCH3 is 1. The number of ether oxygens (including phenoxy) is 1. The first kappa shape index (κ1) is 16.0. The number of nitrogens with one attached hydrogen (secondary N) is 1. The summed E-state index contributed by atoms with van der Waals surface area (Å²) < 4.78 is 5.16. The average molecular weight is 336 g/mol. The van der Waals surface area contributed by atoms with Crippen LogP contribution >= 0.6 is 11.3 Å². The van der Waals surface area contributed by atoms with Crippen LogP contribution in [0.25, 0.3) is 22.4 Å². The minimum atomic E-state index is -0.371. The van der Waals surface area contributed by atoms with Gasteiger partial charge < -0.3 is 9.72 Å². The predicted octanol–water partition coefficient (Wildman–Crippen LogP) is 4.27. The third kappa shape index (κ3) is 2.84. The van der Waals surface area contributed by atoms with Crippen LogP contribution in [-0.4, -0.2) is 12.1 Å². The number of aryl methyl sites for hydroxylation is 2. The molecular formula is C19H16N2O2S. The first-order valence-corrected chi connectivity index (χ1v) is 8.24. The highest BCUT2D eigenvalue weighted by Crippen LogP contribution is 2.33. The maximum absolute atomic E-state index is 12.4. The molecule has 0 bridgehead atoms. The lowest BCUT2D eigenvalue weighted by Crippen LogP contribution is -2.12. The van der Waals surface area contributed by atoms with E-state index in [4.69, 9.17) is 4.74 Å². The molecule has 0 saturated heterocycles. The van der Waals surface area contributed by atoms with Crippen LogP contribution in [0.15, 0.2) is 41.2 Å². The first-order chi connectivity index (χ1) is 11.5. The number of hydrogen-bond acceptors (Lipinski definition) is 4. The van der Waals surface area contributed by atoms with Gasteiger partial charge in [-0.2, -0.15) is 5.26 Å². The van der Waals surface area contributed by atoms with Crippen LogP contribution in [0, 0.1) is 25.2 Å². The van der Waals surface area contributed by atoms with Gasteiger partial charge in [0.1, 0.15) is 17.4 Å². The quantitative estimate of drug-likeness (QED) is 0.777. The summed E-state index contributed by atoms with van der Waals surface area (Å²) >= 11 is 1.66. The van der Waals surface area contributed by atoms with Gasteiger partial charge >= 0.3 is 0 Å². The molecule has 5 heteroatoms. The van der Waals surface area contributed by atoms with Crippen molar-refractivity contribution >= 4 is 11.3 Å². The van der Waals surface area contributed by atoms with Crippen LogP contribution in [0.5, 0.6) is 5.75 Å². The van der Waals surface area contributed by atoms with Gasteiger partial charge in [-0.1, -0.05) is 0 Å². The number of rotatable bonds is 3. The highest BCUT2D eigenvalue weighted by molar-refractivity contribution is 7.12. The van der Waals surface area contributed by atoms with Crippen molar-refractivity contribution in [1.29, 1.82) is 5.26 Å². The molecule has 3 aromatic rings. The second-order valence-corrected chi connectivity index (χ2v) is 6.93. The Bertz CT molecular complexity index is 992. The number of pyridine rings is 1. The van der Waals surface area contributed by atoms with E-state index in [0.717, 1.165) is 26.6 Å². The van der Waals surface area contributed by atoms with Crippen LogP contribution < -0.4 is 10.3 Å². The molecule has 0 aliphatic rings. The van der Waals surface area contributed by atoms with Crippen molar-refractivity contribution in [3.8, 4) is 34.2 Å². The Morgan fingerprint density at radius 2 is 1.83 bits per heavy atom. The van der Waals surface area contributed by atoms with Gasteiger partial charge in [0.15, 0.2) is 0 Å². The number of H-pyrrole nitrogens is 1. The summed E-state index contributed by atoms with van der Waals surface area (Å²) in [5.41, 5.74) is 2.93. The van der Waals surface area contributed by atoms with Gasteiger partial charge in [0.25, 0.3) is 5.56 Å². The summed E-state index contributed by atoms with van der Waals surface area (Å²) in [5.74, 6) is 0.749. The van der Waals surface area contributed by atoms with Crippen LogP contribution in [0.3, 0.4) is 0 Å². The second kappa shape index (κ2) is 6.34. The summed E-state index contributed by atoms with van der Waals surface area (Å²) in [6.07, 6.45) is 0. The Morgan fingerprint density at radius 3 is 2.38 bits per heavy atom. The molecule has 3 rings (SSSR count). The van der Waals surface area contributed by atoms with Crippen molar-refractivity contribution in [2.24, 2.45) is 0 Å². The zero-order valence-electron chi connectivity index (χ0n) is 13.6. The number of nitriles is 1. The minimum absolute atomic E-state index is 0.146. The van der Waals surface area contributed by atoms with E-state index < -0.39 is 0 Å². The van der Waals surface area contributed by atoms with Crippen LogP contribution in [0.1, 0.15) is 15.3 Å². The fourth-order valence-electron chi connectivity index (χ4n) is 2.71. The molecule has 2 heterocycles. The maximum atomic E-state index is 12.4. The summed E-state index contributed by atoms with van der Waals surface area (Å²) in [6.45, 7) is 4.02. The Balaban J connectivity index is 2.22. The molecule has 0 spiro atoms. The summed E-state index contributed by atoms with van der Waals surface area (Å²) in [5, 5.41) is 9.40. The molecule has 0 radical (unpaired) electrons. The number of thiophene rings is 1.